The van der Waals surface area contributed by atoms with Crippen molar-refractivity contribution in [2.45, 2.75) is 12.5 Å². The maximum atomic E-state index is 13.1. The summed E-state index contributed by atoms with van der Waals surface area (Å²) in [6.07, 6.45) is 0.0952. The number of carbonyl (C=O) groups excluding carboxylic acids is 2. The highest BCUT2D eigenvalue weighted by atomic mass is 19.1. The monoisotopic (exact) mass is 328 g/mol. The molecule has 0 saturated heterocycles. The van der Waals surface area contributed by atoms with Gasteiger partial charge < -0.3 is 16.5 Å². The Morgan fingerprint density at radius 1 is 1.17 bits per heavy atom. The van der Waals surface area contributed by atoms with Crippen LogP contribution in [-0.2, 0) is 4.79 Å². The second-order valence-corrected chi connectivity index (χ2v) is 5.53. The van der Waals surface area contributed by atoms with Crippen LogP contribution >= 0.6 is 0 Å². The molecule has 24 heavy (non-hydrogen) atoms. The number of anilines is 1. The Labute approximate surface area is 138 Å². The standard InChI is InChI=1S/C17H17FN4O2/c18-12-4-1-10(2-5-12)16-13-9-11(3-6-14(13)21-22-16)17(24)20-8-7-15(19)23/h1-6,9,16,21-22H,7-8H2,(H2,19,23)(H,20,24). The summed E-state index contributed by atoms with van der Waals surface area (Å²) in [5.74, 6) is -1.04. The average Bonchev–Trinajstić information content (AvgIpc) is 2.98. The lowest BCUT2D eigenvalue weighted by Crippen LogP contribution is -2.27. The van der Waals surface area contributed by atoms with Crippen molar-refractivity contribution >= 4 is 17.5 Å². The molecule has 0 spiro atoms. The van der Waals surface area contributed by atoms with Crippen LogP contribution < -0.4 is 21.9 Å². The third-order valence-corrected chi connectivity index (χ3v) is 3.84. The summed E-state index contributed by atoms with van der Waals surface area (Å²) in [6, 6.07) is 11.3. The average molecular weight is 328 g/mol. The van der Waals surface area contributed by atoms with E-state index >= 15 is 0 Å². The smallest absolute Gasteiger partial charge is 0.251 e. The largest absolute Gasteiger partial charge is 0.370 e. The van der Waals surface area contributed by atoms with Crippen LogP contribution in [0.3, 0.4) is 0 Å². The van der Waals surface area contributed by atoms with Gasteiger partial charge in [0.25, 0.3) is 5.91 Å². The molecule has 5 N–H and O–H groups in total. The lowest BCUT2D eigenvalue weighted by atomic mass is 9.97. The summed E-state index contributed by atoms with van der Waals surface area (Å²) in [6.45, 7) is 0.198. The number of hydrogen-bond acceptors (Lipinski definition) is 4. The Hall–Kier alpha value is -2.93. The number of amides is 2. The number of benzene rings is 2. The van der Waals surface area contributed by atoms with Gasteiger partial charge in [0.05, 0.1) is 11.7 Å². The van der Waals surface area contributed by atoms with Crippen molar-refractivity contribution in [3.05, 3.63) is 65.0 Å². The zero-order valence-electron chi connectivity index (χ0n) is 12.8. The Morgan fingerprint density at radius 3 is 2.62 bits per heavy atom. The van der Waals surface area contributed by atoms with Gasteiger partial charge >= 0.3 is 0 Å². The fraction of sp³-hybridized carbons (Fsp3) is 0.176. The first-order valence-electron chi connectivity index (χ1n) is 7.52. The number of hydrazine groups is 1. The van der Waals surface area contributed by atoms with Crippen LogP contribution in [0.25, 0.3) is 0 Å². The molecule has 6 nitrogen and oxygen atoms in total. The van der Waals surface area contributed by atoms with E-state index in [-0.39, 0.29) is 30.7 Å². The van der Waals surface area contributed by atoms with Crippen molar-refractivity contribution in [2.75, 3.05) is 12.0 Å². The summed E-state index contributed by atoms with van der Waals surface area (Å²) < 4.78 is 13.1. The minimum Gasteiger partial charge on any atom is -0.370 e. The zero-order valence-corrected chi connectivity index (χ0v) is 12.8. The topological polar surface area (TPSA) is 96.2 Å². The van der Waals surface area contributed by atoms with E-state index in [1.807, 2.05) is 0 Å². The van der Waals surface area contributed by atoms with E-state index in [0.29, 0.717) is 5.56 Å². The maximum absolute atomic E-state index is 13.1. The van der Waals surface area contributed by atoms with E-state index in [1.54, 1.807) is 30.3 Å². The van der Waals surface area contributed by atoms with Crippen LogP contribution in [0.5, 0.6) is 0 Å². The van der Waals surface area contributed by atoms with Crippen molar-refractivity contribution in [1.82, 2.24) is 10.7 Å². The first-order chi connectivity index (χ1) is 11.5. The predicted octanol–water partition coefficient (Wildman–Crippen LogP) is 1.45. The molecule has 0 aromatic heterocycles. The summed E-state index contributed by atoms with van der Waals surface area (Å²) >= 11 is 0. The molecular weight excluding hydrogens is 311 g/mol. The zero-order chi connectivity index (χ0) is 17.1. The number of rotatable bonds is 5. The van der Waals surface area contributed by atoms with E-state index in [9.17, 15) is 14.0 Å². The quantitative estimate of drug-likeness (QED) is 0.668. The van der Waals surface area contributed by atoms with Gasteiger partial charge in [-0.2, -0.15) is 0 Å². The number of fused-ring (bicyclic) bond motifs is 1. The highest BCUT2D eigenvalue weighted by molar-refractivity contribution is 5.95. The molecule has 124 valence electrons. The number of nitrogens with two attached hydrogens (primary N) is 1. The number of halogens is 1. The van der Waals surface area contributed by atoms with Gasteiger partial charge in [-0.1, -0.05) is 12.1 Å². The Bertz CT molecular complexity index is 777. The van der Waals surface area contributed by atoms with E-state index in [2.05, 4.69) is 16.2 Å². The van der Waals surface area contributed by atoms with Crippen LogP contribution in [0.15, 0.2) is 42.5 Å². The van der Waals surface area contributed by atoms with Crippen molar-refractivity contribution in [3.8, 4) is 0 Å². The highest BCUT2D eigenvalue weighted by Crippen LogP contribution is 2.33. The minimum absolute atomic E-state index is 0.0952. The highest BCUT2D eigenvalue weighted by Gasteiger charge is 2.24. The van der Waals surface area contributed by atoms with Crippen molar-refractivity contribution in [2.24, 2.45) is 5.73 Å². The molecule has 1 atom stereocenters. The van der Waals surface area contributed by atoms with Gasteiger partial charge in [0, 0.05) is 24.1 Å². The molecule has 1 heterocycles. The van der Waals surface area contributed by atoms with Crippen LogP contribution in [0.1, 0.15) is 33.9 Å². The van der Waals surface area contributed by atoms with Gasteiger partial charge in [-0.15, -0.1) is 0 Å². The summed E-state index contributed by atoms with van der Waals surface area (Å²) in [5, 5.41) is 2.65. The number of carbonyl (C=O) groups is 2. The van der Waals surface area contributed by atoms with Crippen LogP contribution in [0.2, 0.25) is 0 Å². The minimum atomic E-state index is -0.464. The molecule has 0 aliphatic carbocycles. The third-order valence-electron chi connectivity index (χ3n) is 3.84. The first-order valence-corrected chi connectivity index (χ1v) is 7.52. The van der Waals surface area contributed by atoms with Gasteiger partial charge in [-0.3, -0.25) is 9.59 Å². The van der Waals surface area contributed by atoms with E-state index in [1.165, 1.54) is 12.1 Å². The van der Waals surface area contributed by atoms with Gasteiger partial charge in [0.15, 0.2) is 0 Å². The van der Waals surface area contributed by atoms with Crippen LogP contribution in [-0.4, -0.2) is 18.4 Å². The van der Waals surface area contributed by atoms with Crippen molar-refractivity contribution in [1.29, 1.82) is 0 Å². The number of nitrogens with one attached hydrogen (secondary N) is 3. The molecule has 3 rings (SSSR count). The molecule has 7 heteroatoms. The molecular formula is C17H17FN4O2. The molecule has 0 saturated carbocycles. The van der Waals surface area contributed by atoms with Crippen molar-refractivity contribution < 1.29 is 14.0 Å². The number of hydrogen-bond donors (Lipinski definition) is 4. The van der Waals surface area contributed by atoms with E-state index in [4.69, 9.17) is 5.73 Å². The summed E-state index contributed by atoms with van der Waals surface area (Å²) in [5.41, 5.74) is 14.3. The lowest BCUT2D eigenvalue weighted by Gasteiger charge is -2.12. The molecule has 2 amide bonds. The third kappa shape index (κ3) is 3.36. The Kier molecular flexibility index (Phi) is 4.43. The Morgan fingerprint density at radius 2 is 1.92 bits per heavy atom. The second-order valence-electron chi connectivity index (χ2n) is 5.53. The fourth-order valence-corrected chi connectivity index (χ4v) is 2.60. The summed E-state index contributed by atoms with van der Waals surface area (Å²) in [7, 11) is 0. The van der Waals surface area contributed by atoms with Gasteiger partial charge in [-0.05, 0) is 35.9 Å². The van der Waals surface area contributed by atoms with Crippen LogP contribution in [0.4, 0.5) is 10.1 Å². The molecule has 2 aromatic carbocycles. The molecule has 1 aliphatic rings. The normalized spacial score (nSPS) is 15.5. The molecule has 0 fully saturated rings. The summed E-state index contributed by atoms with van der Waals surface area (Å²) in [4.78, 5) is 22.9. The van der Waals surface area contributed by atoms with E-state index < -0.39 is 5.91 Å². The second kappa shape index (κ2) is 6.67. The fourth-order valence-electron chi connectivity index (χ4n) is 2.60. The molecule has 0 bridgehead atoms. The molecule has 0 radical (unpaired) electrons. The molecule has 1 aliphatic heterocycles. The first kappa shape index (κ1) is 15.9. The predicted molar refractivity (Wildman–Crippen MR) is 87.6 cm³/mol. The SMILES string of the molecule is NC(=O)CCNC(=O)c1ccc2c(c1)C(c1ccc(F)cc1)NN2. The molecule has 2 aromatic rings. The van der Waals surface area contributed by atoms with Gasteiger partial charge in [0.2, 0.25) is 5.91 Å². The number of primary amides is 1. The lowest BCUT2D eigenvalue weighted by molar-refractivity contribution is -0.117. The maximum Gasteiger partial charge on any atom is 0.251 e. The van der Waals surface area contributed by atoms with Gasteiger partial charge in [0.1, 0.15) is 5.82 Å². The van der Waals surface area contributed by atoms with Crippen molar-refractivity contribution in [3.63, 3.8) is 0 Å². The van der Waals surface area contributed by atoms with Gasteiger partial charge in [-0.25, -0.2) is 9.82 Å². The Balaban J connectivity index is 1.79. The molecule has 1 unspecified atom stereocenters. The van der Waals surface area contributed by atoms with E-state index in [0.717, 1.165) is 16.8 Å². The van der Waals surface area contributed by atoms with Crippen LogP contribution in [0, 0.1) is 5.82 Å².